The smallest absolute Gasteiger partial charge is 0.143 e. The highest BCUT2D eigenvalue weighted by Crippen LogP contribution is 2.40. The molecule has 0 N–H and O–H groups in total. The van der Waals surface area contributed by atoms with Crippen molar-refractivity contribution in [3.63, 3.8) is 0 Å². The summed E-state index contributed by atoms with van der Waals surface area (Å²) in [7, 11) is 0. The van der Waals surface area contributed by atoms with Gasteiger partial charge in [0.05, 0.1) is 29.0 Å². The number of nitriles is 2. The van der Waals surface area contributed by atoms with Gasteiger partial charge >= 0.3 is 0 Å². The second-order valence-corrected chi connectivity index (χ2v) is 9.85. The van der Waals surface area contributed by atoms with Gasteiger partial charge in [-0.1, -0.05) is 91.0 Å². The van der Waals surface area contributed by atoms with Crippen LogP contribution in [0.25, 0.3) is 66.6 Å². The van der Waals surface area contributed by atoms with Crippen molar-refractivity contribution in [3.8, 4) is 56.8 Å². The zero-order chi connectivity index (χ0) is 27.8. The molecule has 41 heavy (non-hydrogen) atoms. The number of aromatic nitrogens is 1. The minimum absolute atomic E-state index is 0.634. The average molecular weight is 524 g/mol. The summed E-state index contributed by atoms with van der Waals surface area (Å²) in [6.45, 7) is 0. The molecule has 0 aliphatic carbocycles. The predicted molar refractivity (Wildman–Crippen MR) is 163 cm³/mol. The van der Waals surface area contributed by atoms with Crippen LogP contribution in [0.2, 0.25) is 0 Å². The minimum Gasteiger partial charge on any atom is -0.455 e. The first-order valence-corrected chi connectivity index (χ1v) is 13.2. The fourth-order valence-electron chi connectivity index (χ4n) is 5.29. The Balaban J connectivity index is 1.23. The summed E-state index contributed by atoms with van der Waals surface area (Å²) in [4.78, 5) is 4.66. The van der Waals surface area contributed by atoms with Crippen molar-refractivity contribution in [3.05, 3.63) is 139 Å². The Kier molecular flexibility index (Phi) is 5.86. The summed E-state index contributed by atoms with van der Waals surface area (Å²) >= 11 is 0. The molecule has 2 aromatic heterocycles. The van der Waals surface area contributed by atoms with Crippen LogP contribution in [0.3, 0.4) is 0 Å². The lowest BCUT2D eigenvalue weighted by Crippen LogP contribution is -1.86. The van der Waals surface area contributed by atoms with Crippen LogP contribution in [0.15, 0.2) is 132 Å². The number of benzene rings is 5. The number of fused-ring (bicyclic) bond motifs is 3. The second-order valence-electron chi connectivity index (χ2n) is 9.85. The van der Waals surface area contributed by atoms with Crippen LogP contribution in [0, 0.1) is 22.7 Å². The number of hydrogen-bond acceptors (Lipinski definition) is 4. The minimum atomic E-state index is 0.634. The summed E-state index contributed by atoms with van der Waals surface area (Å²) in [5, 5.41) is 20.3. The molecule has 4 heteroatoms. The molecule has 4 nitrogen and oxygen atoms in total. The zero-order valence-electron chi connectivity index (χ0n) is 21.9. The lowest BCUT2D eigenvalue weighted by Gasteiger charge is -2.07. The molecule has 0 unspecified atom stereocenters. The molecule has 5 aromatic carbocycles. The van der Waals surface area contributed by atoms with Gasteiger partial charge in [-0.3, -0.25) is 4.98 Å². The van der Waals surface area contributed by atoms with E-state index in [1.54, 1.807) is 12.1 Å². The highest BCUT2D eigenvalue weighted by atomic mass is 16.3. The molecule has 0 aliphatic heterocycles. The van der Waals surface area contributed by atoms with E-state index in [0.29, 0.717) is 11.1 Å². The van der Waals surface area contributed by atoms with E-state index in [1.165, 1.54) is 0 Å². The molecule has 0 amide bonds. The normalized spacial score (nSPS) is 10.9. The Morgan fingerprint density at radius 3 is 1.41 bits per heavy atom. The Bertz CT molecular complexity index is 2120. The number of pyridine rings is 1. The Morgan fingerprint density at radius 2 is 0.927 bits per heavy atom. The molecule has 190 valence electrons. The summed E-state index contributed by atoms with van der Waals surface area (Å²) < 4.78 is 6.57. The van der Waals surface area contributed by atoms with E-state index in [0.717, 1.165) is 66.6 Å². The molecular weight excluding hydrogens is 502 g/mol. The third-order valence-corrected chi connectivity index (χ3v) is 7.45. The highest BCUT2D eigenvalue weighted by molar-refractivity contribution is 6.13. The highest BCUT2D eigenvalue weighted by Gasteiger charge is 2.15. The lowest BCUT2D eigenvalue weighted by molar-refractivity contribution is 0.671. The summed E-state index contributed by atoms with van der Waals surface area (Å²) in [6, 6.07) is 44.4. The first-order valence-electron chi connectivity index (χ1n) is 13.2. The molecule has 0 saturated heterocycles. The van der Waals surface area contributed by atoms with Crippen molar-refractivity contribution in [2.45, 2.75) is 0 Å². The van der Waals surface area contributed by atoms with Gasteiger partial charge in [-0.15, -0.1) is 0 Å². The molecular formula is C37H21N3O. The number of para-hydroxylation sites is 2. The molecule has 2 heterocycles. The number of nitrogens with zero attached hydrogens (tertiary/aromatic N) is 3. The maximum atomic E-state index is 9.18. The number of hydrogen-bond donors (Lipinski definition) is 0. The molecule has 7 rings (SSSR count). The maximum absolute atomic E-state index is 9.18. The largest absolute Gasteiger partial charge is 0.455 e. The van der Waals surface area contributed by atoms with Crippen LogP contribution in [0.5, 0.6) is 0 Å². The second kappa shape index (κ2) is 9.97. The van der Waals surface area contributed by atoms with Gasteiger partial charge in [0.1, 0.15) is 11.2 Å². The van der Waals surface area contributed by atoms with Gasteiger partial charge in [0, 0.05) is 39.2 Å². The van der Waals surface area contributed by atoms with Gasteiger partial charge in [0.25, 0.3) is 0 Å². The van der Waals surface area contributed by atoms with Crippen LogP contribution >= 0.6 is 0 Å². The van der Waals surface area contributed by atoms with Crippen LogP contribution in [-0.4, -0.2) is 4.98 Å². The van der Waals surface area contributed by atoms with Crippen molar-refractivity contribution in [2.24, 2.45) is 0 Å². The van der Waals surface area contributed by atoms with E-state index in [2.05, 4.69) is 77.8 Å². The van der Waals surface area contributed by atoms with E-state index < -0.39 is 0 Å². The van der Waals surface area contributed by atoms with E-state index in [9.17, 15) is 5.26 Å². The zero-order valence-corrected chi connectivity index (χ0v) is 21.9. The van der Waals surface area contributed by atoms with Crippen molar-refractivity contribution in [1.82, 2.24) is 4.98 Å². The van der Waals surface area contributed by atoms with Gasteiger partial charge < -0.3 is 4.42 Å². The molecule has 0 aliphatic rings. The lowest BCUT2D eigenvalue weighted by atomic mass is 9.98. The third kappa shape index (κ3) is 4.31. The summed E-state index contributed by atoms with van der Waals surface area (Å²) in [5.41, 5.74) is 11.0. The number of furan rings is 1. The topological polar surface area (TPSA) is 73.6 Å². The van der Waals surface area contributed by atoms with Crippen molar-refractivity contribution in [2.75, 3.05) is 0 Å². The van der Waals surface area contributed by atoms with Crippen molar-refractivity contribution >= 4 is 21.9 Å². The summed E-state index contributed by atoms with van der Waals surface area (Å²) in [5.74, 6) is 0. The fraction of sp³-hybridized carbons (Fsp3) is 0. The van der Waals surface area contributed by atoms with Crippen molar-refractivity contribution < 1.29 is 4.42 Å². The van der Waals surface area contributed by atoms with E-state index in [4.69, 9.17) is 9.68 Å². The average Bonchev–Trinajstić information content (AvgIpc) is 3.44. The molecule has 0 atom stereocenters. The van der Waals surface area contributed by atoms with Crippen LogP contribution < -0.4 is 0 Å². The monoisotopic (exact) mass is 523 g/mol. The van der Waals surface area contributed by atoms with Gasteiger partial charge in [0.15, 0.2) is 0 Å². The quantitative estimate of drug-likeness (QED) is 0.230. The van der Waals surface area contributed by atoms with Gasteiger partial charge in [-0.05, 0) is 47.0 Å². The van der Waals surface area contributed by atoms with Gasteiger partial charge in [-0.2, -0.15) is 10.5 Å². The van der Waals surface area contributed by atoms with Crippen LogP contribution in [0.4, 0.5) is 0 Å². The Hall–Kier alpha value is -5.97. The molecule has 7 aromatic rings. The molecule has 0 bridgehead atoms. The maximum Gasteiger partial charge on any atom is 0.143 e. The van der Waals surface area contributed by atoms with Crippen LogP contribution in [-0.2, 0) is 0 Å². The standard InChI is InChI=1S/C37H21N3O/c38-21-24-7-11-27(12-8-24)31-3-1-5-33-34-6-2-4-32(37(34)41-36(31)33)28-17-15-26(16-18-28)30-19-20-35(40-23-30)29-13-9-25(22-39)10-14-29/h1-20,23H. The molecule has 0 radical (unpaired) electrons. The molecule has 0 saturated carbocycles. The SMILES string of the molecule is N#Cc1ccc(-c2ccc(-c3ccc(-c4cccc5c4oc4c(-c6ccc(C#N)cc6)cccc45)cc3)cn2)cc1. The van der Waals surface area contributed by atoms with Crippen LogP contribution in [0.1, 0.15) is 11.1 Å². The first kappa shape index (κ1) is 24.1. The molecule has 0 fully saturated rings. The first-order chi connectivity index (χ1) is 20.2. The number of rotatable bonds is 4. The molecule has 0 spiro atoms. The Labute approximate surface area is 237 Å². The van der Waals surface area contributed by atoms with E-state index in [-0.39, 0.29) is 0 Å². The van der Waals surface area contributed by atoms with Crippen molar-refractivity contribution in [1.29, 1.82) is 10.5 Å². The van der Waals surface area contributed by atoms with Gasteiger partial charge in [-0.25, -0.2) is 0 Å². The van der Waals surface area contributed by atoms with E-state index >= 15 is 0 Å². The van der Waals surface area contributed by atoms with Gasteiger partial charge in [0.2, 0.25) is 0 Å². The Morgan fingerprint density at radius 1 is 0.463 bits per heavy atom. The summed E-state index contributed by atoms with van der Waals surface area (Å²) in [6.07, 6.45) is 1.88. The third-order valence-electron chi connectivity index (χ3n) is 7.45. The fourth-order valence-corrected chi connectivity index (χ4v) is 5.29. The van der Waals surface area contributed by atoms with E-state index in [1.807, 2.05) is 54.7 Å². The predicted octanol–water partition coefficient (Wildman–Crippen LogP) is 9.39.